The number of imide groups is 1. The van der Waals surface area contributed by atoms with Gasteiger partial charge >= 0.3 is 33.2 Å². The van der Waals surface area contributed by atoms with Crippen LogP contribution in [-0.2, 0) is 97.7 Å². The van der Waals surface area contributed by atoms with Crippen molar-refractivity contribution in [3.63, 3.8) is 0 Å². The Kier molecular flexibility index (Phi) is 39.4. The molecule has 31 nitrogen and oxygen atoms in total. The fourth-order valence-electron chi connectivity index (χ4n) is 14.5. The average Bonchev–Trinajstić information content (AvgIpc) is 1.40. The first-order valence-corrected chi connectivity index (χ1v) is 49.6. The van der Waals surface area contributed by atoms with E-state index in [9.17, 15) is 64.3 Å². The third-order valence-electron chi connectivity index (χ3n) is 20.4. The largest absolute Gasteiger partial charge is 0.481 e. The summed E-state index contributed by atoms with van der Waals surface area (Å²) in [4.78, 5) is 116. The number of unbranched alkanes of at least 4 members (excludes halogenated alkanes) is 6. The number of nitrogens with one attached hydrogen (secondary N) is 4. The van der Waals surface area contributed by atoms with Gasteiger partial charge in [0.25, 0.3) is 42.1 Å². The average molecular weight is 1870 g/mol. The second-order valence-corrected chi connectivity index (χ2v) is 38.0. The van der Waals surface area contributed by atoms with Crippen LogP contribution >= 0.6 is 46.2 Å². The van der Waals surface area contributed by atoms with Gasteiger partial charge in [0.15, 0.2) is 0 Å². The van der Waals surface area contributed by atoms with Gasteiger partial charge in [-0.15, -0.1) is 30.3 Å². The van der Waals surface area contributed by atoms with Crippen molar-refractivity contribution in [2.24, 2.45) is 10.8 Å². The summed E-state index contributed by atoms with van der Waals surface area (Å²) in [6.45, 7) is 11.5. The number of carboxylic acids is 1. The molecule has 1 fully saturated rings. The number of carbonyl (C=O) groups excluding carboxylic acids is 7. The summed E-state index contributed by atoms with van der Waals surface area (Å²) < 4.78 is 123. The van der Waals surface area contributed by atoms with Crippen LogP contribution in [0, 0.1) is 10.8 Å². The fourth-order valence-corrected chi connectivity index (χ4v) is 19.6. The summed E-state index contributed by atoms with van der Waals surface area (Å²) in [7, 11) is -15.0. The summed E-state index contributed by atoms with van der Waals surface area (Å²) in [5.74, 6) is -6.42. The number of fused-ring (bicyclic) bond motifs is 4. The van der Waals surface area contributed by atoms with Gasteiger partial charge in [0.2, 0.25) is 34.7 Å². The number of benzene rings is 4. The minimum Gasteiger partial charge on any atom is -0.481 e. The molecule has 3 aliphatic heterocycles. The Morgan fingerprint density at radius 3 is 1.24 bits per heavy atom. The Hall–Kier alpha value is -10.1. The van der Waals surface area contributed by atoms with Crippen molar-refractivity contribution in [3.05, 3.63) is 188 Å². The molecule has 0 radical (unpaired) electrons. The lowest BCUT2D eigenvalue weighted by atomic mass is 9.70. The van der Waals surface area contributed by atoms with E-state index in [0.717, 1.165) is 149 Å². The van der Waals surface area contributed by atoms with Crippen molar-refractivity contribution >= 4 is 179 Å². The number of amides is 6. The van der Waals surface area contributed by atoms with Crippen LogP contribution < -0.4 is 40.2 Å². The Morgan fingerprint density at radius 2 is 0.856 bits per heavy atom. The third-order valence-corrected chi connectivity index (χ3v) is 26.3. The van der Waals surface area contributed by atoms with Crippen LogP contribution in [-0.4, -0.2) is 160 Å². The number of thiazole rings is 2. The minimum absolute atomic E-state index is 0.00483. The lowest BCUT2D eigenvalue weighted by molar-refractivity contribution is -0.669. The highest BCUT2D eigenvalue weighted by molar-refractivity contribution is 8.04. The maximum atomic E-state index is 14.5. The zero-order chi connectivity index (χ0) is 90.9. The summed E-state index contributed by atoms with van der Waals surface area (Å²) in [6, 6.07) is 32.9. The summed E-state index contributed by atoms with van der Waals surface area (Å²) in [5.41, 5.74) is 4.16. The molecule has 2 atom stereocenters. The molecule has 39 heteroatoms. The van der Waals surface area contributed by atoms with Gasteiger partial charge in [0, 0.05) is 112 Å². The number of aryl methyl sites for hydroxylation is 2. The molecule has 1 saturated heterocycles. The Bertz CT molecular complexity index is 5630. The molecule has 125 heavy (non-hydrogen) atoms. The number of rotatable bonds is 39. The molecule has 7 N–H and O–H groups in total. The van der Waals surface area contributed by atoms with Crippen molar-refractivity contribution < 1.29 is 109 Å². The minimum atomic E-state index is -4.40. The maximum Gasteiger partial charge on any atom is 0.425 e. The molecule has 0 bridgehead atoms. The highest BCUT2D eigenvalue weighted by atomic mass is 32.2. The first-order valence-electron chi connectivity index (χ1n) is 41.1. The number of carbonyl (C=O) groups is 8. The van der Waals surface area contributed by atoms with Crippen LogP contribution in [0.3, 0.4) is 0 Å². The fraction of sp³-hybridized carbons (Fsp3) is 0.419. The summed E-state index contributed by atoms with van der Waals surface area (Å²) >= 11 is 6.65. The van der Waals surface area contributed by atoms with Crippen molar-refractivity contribution in [2.45, 2.75) is 179 Å². The number of anilines is 2. The van der Waals surface area contributed by atoms with E-state index < -0.39 is 118 Å². The molecule has 0 saturated carbocycles. The molecular weight excluding hydrogens is 1770 g/mol. The summed E-state index contributed by atoms with van der Waals surface area (Å²) in [5, 5.41) is 24.8. The lowest BCUT2D eigenvalue weighted by Gasteiger charge is -2.35. The first kappa shape index (κ1) is 100. The zero-order valence-corrected chi connectivity index (χ0v) is 76.4. The van der Waals surface area contributed by atoms with Gasteiger partial charge in [-0.2, -0.15) is 26.0 Å². The van der Waals surface area contributed by atoms with Gasteiger partial charge < -0.3 is 41.0 Å². The van der Waals surface area contributed by atoms with E-state index in [1.54, 1.807) is 46.2 Å². The Morgan fingerprint density at radius 1 is 0.480 bits per heavy atom. The molecule has 2 aliphatic carbocycles. The maximum absolute atomic E-state index is 14.5. The number of aliphatic carboxylic acids is 1. The SMILES string of the molecule is CCCCN1C(=CC=C2C=C(C=Cc3sc4ccccc4[n+]3CCC)CC(C(=O)NCCCCCC(=O)O)(C(=O)NCCS(=O)(=O)O)C2)Sc2ccccc21.CCCCN1C(=CC=C2C=C(C=Cc3sc4ccccc4[n+]3CCC)CC(C(=O)NCCCCCC(=O)ON3C(=O)CCC3=O)(C(=O)NCCS(=O)(=O)O)C2)Sc2ccccc21.O=S(=O)=O.O=S(=O)=O. The van der Waals surface area contributed by atoms with E-state index in [1.807, 2.05) is 109 Å². The number of hydroxylamine groups is 2. The number of thioether (sulfide) groups is 2. The quantitative estimate of drug-likeness (QED) is 0.00619. The number of hydrogen-bond donors (Lipinski definition) is 7. The lowest BCUT2D eigenvalue weighted by Crippen LogP contribution is -2.53. The second-order valence-electron chi connectivity index (χ2n) is 29.8. The first-order chi connectivity index (χ1) is 59.7. The molecule has 6 aromatic rings. The summed E-state index contributed by atoms with van der Waals surface area (Å²) in [6.07, 6.45) is 29.0. The smallest absolute Gasteiger partial charge is 0.425 e. The van der Waals surface area contributed by atoms with E-state index in [-0.39, 0.29) is 71.0 Å². The molecule has 11 rings (SSSR count). The van der Waals surface area contributed by atoms with Gasteiger partial charge in [0.05, 0.1) is 32.9 Å². The predicted molar refractivity (Wildman–Crippen MR) is 480 cm³/mol. The van der Waals surface area contributed by atoms with Crippen LogP contribution in [0.4, 0.5) is 11.4 Å². The van der Waals surface area contributed by atoms with Crippen LogP contribution in [0.15, 0.2) is 188 Å². The number of allylic oxidation sites excluding steroid dienone is 12. The molecule has 2 unspecified atom stereocenters. The third kappa shape index (κ3) is 30.3. The van der Waals surface area contributed by atoms with Crippen LogP contribution in [0.1, 0.15) is 166 Å². The standard InChI is InChI=1S/C45H53N5O9S3.C41H50N4O7S3.2O3S/c1-3-5-27-49-35-14-9-11-16-37(35)61-41(49)23-19-33-29-32(18-22-40-48(26-4-2)34-13-8-10-15-36(34)60-40)30-45(31-33,44(55)47-25-28-62(56,57)58)43(54)46-24-12-6-7-17-42(53)59-50-38(51)20-21-39(50)52;1-3-5-25-45-33-14-9-11-16-35(33)54-37(45)21-19-31-27-30(18-20-36-44(24-4-2)32-13-8-10-15-34(32)53-36)28-41(29-31,40(49)43-23-26-55(50,51)52)39(48)42-22-12-6-7-17-38(46)47;2*1-4(2)3/h8-11,13-16,18-19,22-23,29H,3-7,12,17,20-21,24-28,30-31H2,1-2H3,(H2-,46,47,54,55,56,57,58);8-11,13-16,18-21,27H,3-7,12,17,22-26,28-29H2,1-2H3,(H3-,42,43,46,47,48,49,50,51,52);;/p+2. The number of hydrogen-bond acceptors (Lipinski definition) is 25. The highest BCUT2D eigenvalue weighted by Gasteiger charge is 2.50. The van der Waals surface area contributed by atoms with Gasteiger partial charge in [-0.25, -0.2) is 4.79 Å². The Labute approximate surface area is 746 Å². The van der Waals surface area contributed by atoms with E-state index in [4.69, 9.17) is 35.2 Å². The van der Waals surface area contributed by atoms with Gasteiger partial charge in [-0.1, -0.05) is 185 Å². The molecule has 2 aromatic heterocycles. The van der Waals surface area contributed by atoms with Crippen LogP contribution in [0.2, 0.25) is 0 Å². The molecule has 4 aromatic carbocycles. The van der Waals surface area contributed by atoms with Gasteiger partial charge in [-0.05, 0) is 135 Å². The van der Waals surface area contributed by atoms with Crippen molar-refractivity contribution in [2.75, 3.05) is 60.6 Å². The van der Waals surface area contributed by atoms with Crippen molar-refractivity contribution in [3.8, 4) is 0 Å². The zero-order valence-electron chi connectivity index (χ0n) is 69.8. The van der Waals surface area contributed by atoms with Crippen molar-refractivity contribution in [1.29, 1.82) is 0 Å². The van der Waals surface area contributed by atoms with E-state index in [2.05, 4.69) is 116 Å². The monoisotopic (exact) mass is 1870 g/mol. The number of carboxylic acid groups (broad SMARTS) is 1. The van der Waals surface area contributed by atoms with Gasteiger partial charge in [-0.3, -0.25) is 42.7 Å². The van der Waals surface area contributed by atoms with Gasteiger partial charge in [0.1, 0.15) is 33.3 Å². The molecular formula is C86H105N9O22S8+2. The Balaban J connectivity index is 0.000000287. The molecule has 0 spiro atoms. The number of para-hydroxylation sites is 4. The highest BCUT2D eigenvalue weighted by Crippen LogP contribution is 2.49. The topological polar surface area (TPSA) is 443 Å². The second kappa shape index (κ2) is 49.1. The number of aromatic nitrogens is 2. The molecule has 5 aliphatic rings. The predicted octanol–water partition coefficient (Wildman–Crippen LogP) is 12.0. The van der Waals surface area contributed by atoms with Crippen molar-refractivity contribution in [1.82, 2.24) is 26.3 Å². The van der Waals surface area contributed by atoms with Crippen LogP contribution in [0.25, 0.3) is 32.6 Å². The molecule has 672 valence electrons. The van der Waals surface area contributed by atoms with E-state index >= 15 is 0 Å². The van der Waals surface area contributed by atoms with E-state index in [0.29, 0.717) is 43.6 Å². The normalized spacial score (nSPS) is 18.1. The van der Waals surface area contributed by atoms with E-state index in [1.165, 1.54) is 0 Å². The molecule has 6 amide bonds. The molecule has 5 heterocycles. The number of nitrogens with zero attached hydrogens (tertiary/aromatic N) is 5. The van der Waals surface area contributed by atoms with Crippen LogP contribution in [0.5, 0.6) is 0 Å².